The molecule has 1 amide bonds. The number of piperazine rings is 1. The van der Waals surface area contributed by atoms with E-state index < -0.39 is 24.0 Å². The number of carbonyl (C=O) groups excluding carboxylic acids is 1. The lowest BCUT2D eigenvalue weighted by atomic mass is 10.1. The van der Waals surface area contributed by atoms with Gasteiger partial charge in [0.25, 0.3) is 0 Å². The lowest BCUT2D eigenvalue weighted by molar-refractivity contribution is -0.193. The van der Waals surface area contributed by atoms with Crippen molar-refractivity contribution in [2.45, 2.75) is 26.1 Å². The van der Waals surface area contributed by atoms with Gasteiger partial charge < -0.3 is 10.2 Å². The first-order valence-electron chi connectivity index (χ1n) is 4.92. The Kier molecular flexibility index (Phi) is 3.59. The first-order valence-corrected chi connectivity index (χ1v) is 4.92. The van der Waals surface area contributed by atoms with Crippen LogP contribution in [0.15, 0.2) is 0 Å². The molecule has 0 unspecified atom stereocenters. The number of carbonyl (C=O) groups is 1. The molecule has 0 aliphatic carbocycles. The largest absolute Gasteiger partial charge is 0.410 e. The molecule has 0 radical (unpaired) electrons. The Morgan fingerprint density at radius 1 is 1.47 bits per heavy atom. The SMILES string of the molecule is CC(C)C(=O)N1CCNC[C@H]1C(F)(F)F. The first-order chi connectivity index (χ1) is 6.84. The van der Waals surface area contributed by atoms with Gasteiger partial charge in [-0.3, -0.25) is 4.79 Å². The third kappa shape index (κ3) is 2.84. The van der Waals surface area contributed by atoms with Crippen LogP contribution in [0.2, 0.25) is 0 Å². The Labute approximate surface area is 86.6 Å². The van der Waals surface area contributed by atoms with Crippen molar-refractivity contribution in [2.75, 3.05) is 19.6 Å². The van der Waals surface area contributed by atoms with Crippen LogP contribution in [-0.2, 0) is 4.79 Å². The predicted molar refractivity (Wildman–Crippen MR) is 49.3 cm³/mol. The highest BCUT2D eigenvalue weighted by Crippen LogP contribution is 2.26. The molecule has 1 rings (SSSR count). The van der Waals surface area contributed by atoms with Crippen molar-refractivity contribution in [1.29, 1.82) is 0 Å². The first kappa shape index (κ1) is 12.3. The maximum Gasteiger partial charge on any atom is 0.410 e. The van der Waals surface area contributed by atoms with E-state index in [1.807, 2.05) is 0 Å². The van der Waals surface area contributed by atoms with Gasteiger partial charge in [0.05, 0.1) is 0 Å². The van der Waals surface area contributed by atoms with Gasteiger partial charge in [0.15, 0.2) is 0 Å². The fourth-order valence-electron chi connectivity index (χ4n) is 1.59. The zero-order valence-electron chi connectivity index (χ0n) is 8.77. The molecule has 1 N–H and O–H groups in total. The van der Waals surface area contributed by atoms with Gasteiger partial charge in [-0.05, 0) is 0 Å². The van der Waals surface area contributed by atoms with Crippen LogP contribution in [0, 0.1) is 5.92 Å². The molecular formula is C9H15F3N2O. The third-order valence-electron chi connectivity index (χ3n) is 2.40. The Hall–Kier alpha value is -0.780. The highest BCUT2D eigenvalue weighted by molar-refractivity contribution is 5.78. The molecule has 0 saturated carbocycles. The topological polar surface area (TPSA) is 32.3 Å². The average Bonchev–Trinajstić information content (AvgIpc) is 2.15. The van der Waals surface area contributed by atoms with Crippen molar-refractivity contribution in [1.82, 2.24) is 10.2 Å². The molecule has 1 fully saturated rings. The van der Waals surface area contributed by atoms with E-state index in [9.17, 15) is 18.0 Å². The van der Waals surface area contributed by atoms with E-state index in [1.54, 1.807) is 13.8 Å². The summed E-state index contributed by atoms with van der Waals surface area (Å²) < 4.78 is 37.7. The Bertz CT molecular complexity index is 240. The summed E-state index contributed by atoms with van der Waals surface area (Å²) in [6.07, 6.45) is -4.35. The summed E-state index contributed by atoms with van der Waals surface area (Å²) in [5.74, 6) is -0.827. The lowest BCUT2D eigenvalue weighted by Crippen LogP contribution is -2.60. The maximum atomic E-state index is 12.6. The van der Waals surface area contributed by atoms with Crippen molar-refractivity contribution < 1.29 is 18.0 Å². The van der Waals surface area contributed by atoms with E-state index in [0.717, 1.165) is 4.90 Å². The normalized spacial score (nSPS) is 23.3. The van der Waals surface area contributed by atoms with Crippen molar-refractivity contribution in [2.24, 2.45) is 5.92 Å². The molecule has 6 heteroatoms. The number of nitrogens with one attached hydrogen (secondary N) is 1. The van der Waals surface area contributed by atoms with E-state index in [1.165, 1.54) is 0 Å². The van der Waals surface area contributed by atoms with Crippen LogP contribution >= 0.6 is 0 Å². The van der Waals surface area contributed by atoms with Crippen LogP contribution in [0.25, 0.3) is 0 Å². The van der Waals surface area contributed by atoms with Gasteiger partial charge in [0, 0.05) is 25.6 Å². The van der Waals surface area contributed by atoms with Crippen LogP contribution in [-0.4, -0.2) is 42.7 Å². The maximum absolute atomic E-state index is 12.6. The van der Waals surface area contributed by atoms with E-state index in [0.29, 0.717) is 6.54 Å². The molecule has 3 nitrogen and oxygen atoms in total. The zero-order valence-corrected chi connectivity index (χ0v) is 8.77. The van der Waals surface area contributed by atoms with Crippen LogP contribution in [0.3, 0.4) is 0 Å². The van der Waals surface area contributed by atoms with Crippen molar-refractivity contribution in [3.63, 3.8) is 0 Å². The number of hydrogen-bond donors (Lipinski definition) is 1. The molecule has 15 heavy (non-hydrogen) atoms. The van der Waals surface area contributed by atoms with E-state index >= 15 is 0 Å². The van der Waals surface area contributed by atoms with Crippen LogP contribution in [0.5, 0.6) is 0 Å². The summed E-state index contributed by atoms with van der Waals surface area (Å²) in [6.45, 7) is 3.56. The average molecular weight is 224 g/mol. The van der Waals surface area contributed by atoms with Gasteiger partial charge in [0.2, 0.25) is 5.91 Å². The number of nitrogens with zero attached hydrogens (tertiary/aromatic N) is 1. The molecule has 1 aliphatic heterocycles. The quantitative estimate of drug-likeness (QED) is 0.720. The molecule has 1 saturated heterocycles. The fraction of sp³-hybridized carbons (Fsp3) is 0.889. The summed E-state index contributed by atoms with van der Waals surface area (Å²) >= 11 is 0. The molecule has 0 aromatic rings. The minimum atomic E-state index is -4.35. The lowest BCUT2D eigenvalue weighted by Gasteiger charge is -2.38. The predicted octanol–water partition coefficient (Wildman–Crippen LogP) is 1.01. The Balaban J connectivity index is 2.79. The molecule has 0 aromatic heterocycles. The number of hydrogen-bond acceptors (Lipinski definition) is 2. The van der Waals surface area contributed by atoms with E-state index in [2.05, 4.69) is 5.32 Å². The number of halogens is 3. The van der Waals surface area contributed by atoms with Gasteiger partial charge in [-0.2, -0.15) is 13.2 Å². The fourth-order valence-corrected chi connectivity index (χ4v) is 1.59. The van der Waals surface area contributed by atoms with Gasteiger partial charge in [-0.1, -0.05) is 13.8 Å². The standard InChI is InChI=1S/C9H15F3N2O/c1-6(2)8(15)14-4-3-13-5-7(14)9(10,11)12/h6-7,13H,3-5H2,1-2H3/t7-/m0/s1. The third-order valence-corrected chi connectivity index (χ3v) is 2.40. The monoisotopic (exact) mass is 224 g/mol. The van der Waals surface area contributed by atoms with E-state index in [-0.39, 0.29) is 13.1 Å². The molecule has 0 aromatic carbocycles. The van der Waals surface area contributed by atoms with Gasteiger partial charge in [-0.15, -0.1) is 0 Å². The van der Waals surface area contributed by atoms with Crippen LogP contribution in [0.4, 0.5) is 13.2 Å². The van der Waals surface area contributed by atoms with Gasteiger partial charge >= 0.3 is 6.18 Å². The van der Waals surface area contributed by atoms with Crippen LogP contribution < -0.4 is 5.32 Å². The minimum Gasteiger partial charge on any atom is -0.328 e. The minimum absolute atomic E-state index is 0.126. The van der Waals surface area contributed by atoms with E-state index in [4.69, 9.17) is 0 Å². The molecule has 1 heterocycles. The summed E-state index contributed by atoms with van der Waals surface area (Å²) in [7, 11) is 0. The molecular weight excluding hydrogens is 209 g/mol. The Morgan fingerprint density at radius 3 is 2.53 bits per heavy atom. The van der Waals surface area contributed by atoms with Crippen molar-refractivity contribution in [3.8, 4) is 0 Å². The second-order valence-electron chi connectivity index (χ2n) is 3.95. The highest BCUT2D eigenvalue weighted by Gasteiger charge is 2.46. The van der Waals surface area contributed by atoms with Crippen LogP contribution in [0.1, 0.15) is 13.8 Å². The number of alkyl halides is 3. The molecule has 1 aliphatic rings. The second-order valence-corrected chi connectivity index (χ2v) is 3.95. The Morgan fingerprint density at radius 2 is 2.07 bits per heavy atom. The second kappa shape index (κ2) is 4.38. The van der Waals surface area contributed by atoms with Crippen molar-refractivity contribution >= 4 is 5.91 Å². The molecule has 1 atom stereocenters. The number of rotatable bonds is 1. The molecule has 88 valence electrons. The van der Waals surface area contributed by atoms with Gasteiger partial charge in [-0.25, -0.2) is 0 Å². The molecule has 0 bridgehead atoms. The summed E-state index contributed by atoms with van der Waals surface area (Å²) in [4.78, 5) is 12.5. The van der Waals surface area contributed by atoms with Crippen molar-refractivity contribution in [3.05, 3.63) is 0 Å². The summed E-state index contributed by atoms with van der Waals surface area (Å²) in [5, 5.41) is 2.65. The summed E-state index contributed by atoms with van der Waals surface area (Å²) in [5.41, 5.74) is 0. The van der Waals surface area contributed by atoms with Gasteiger partial charge in [0.1, 0.15) is 6.04 Å². The smallest absolute Gasteiger partial charge is 0.328 e. The zero-order chi connectivity index (χ0) is 11.6. The number of amides is 1. The summed E-state index contributed by atoms with van der Waals surface area (Å²) in [6, 6.07) is -1.68. The highest BCUT2D eigenvalue weighted by atomic mass is 19.4. The molecule has 0 spiro atoms.